The van der Waals surface area contributed by atoms with E-state index in [1.165, 1.54) is 31.2 Å². The van der Waals surface area contributed by atoms with Gasteiger partial charge in [-0.25, -0.2) is 0 Å². The summed E-state index contributed by atoms with van der Waals surface area (Å²) >= 11 is 0. The van der Waals surface area contributed by atoms with Crippen LogP contribution in [0.2, 0.25) is 0 Å². The minimum absolute atomic E-state index is 0.527. The zero-order valence-electron chi connectivity index (χ0n) is 13.6. The first-order valence-electron chi connectivity index (χ1n) is 8.05. The Morgan fingerprint density at radius 2 is 1.85 bits per heavy atom. The highest BCUT2D eigenvalue weighted by Crippen LogP contribution is 2.14. The molecule has 0 bridgehead atoms. The average molecular weight is 277 g/mol. The number of benzene rings is 1. The van der Waals surface area contributed by atoms with Crippen molar-refractivity contribution in [2.75, 3.05) is 13.7 Å². The first-order valence-corrected chi connectivity index (χ1v) is 8.05. The molecule has 0 aliphatic carbocycles. The zero-order valence-corrected chi connectivity index (χ0v) is 13.6. The summed E-state index contributed by atoms with van der Waals surface area (Å²) in [6.07, 6.45) is 6.37. The predicted molar refractivity (Wildman–Crippen MR) is 87.5 cm³/mol. The highest BCUT2D eigenvalue weighted by molar-refractivity contribution is 5.27. The monoisotopic (exact) mass is 277 g/mol. The molecule has 0 saturated carbocycles. The van der Waals surface area contributed by atoms with Crippen LogP contribution in [0.25, 0.3) is 0 Å². The van der Waals surface area contributed by atoms with E-state index in [1.807, 2.05) is 12.1 Å². The lowest BCUT2D eigenvalue weighted by Crippen LogP contribution is -2.32. The van der Waals surface area contributed by atoms with Crippen LogP contribution in [0.4, 0.5) is 0 Å². The van der Waals surface area contributed by atoms with Gasteiger partial charge in [-0.05, 0) is 49.9 Å². The maximum Gasteiger partial charge on any atom is 0.118 e. The van der Waals surface area contributed by atoms with Crippen molar-refractivity contribution in [2.24, 2.45) is 5.92 Å². The van der Waals surface area contributed by atoms with Gasteiger partial charge in [0.15, 0.2) is 0 Å². The molecule has 0 spiro atoms. The van der Waals surface area contributed by atoms with Crippen LogP contribution >= 0.6 is 0 Å². The average Bonchev–Trinajstić information content (AvgIpc) is 2.48. The maximum absolute atomic E-state index is 5.19. The molecule has 0 saturated heterocycles. The van der Waals surface area contributed by atoms with Crippen molar-refractivity contribution in [1.29, 1.82) is 0 Å². The van der Waals surface area contributed by atoms with E-state index in [0.717, 1.165) is 24.6 Å². The Morgan fingerprint density at radius 1 is 1.15 bits per heavy atom. The first-order chi connectivity index (χ1) is 9.69. The molecule has 2 nitrogen and oxygen atoms in total. The molecule has 1 aromatic carbocycles. The summed E-state index contributed by atoms with van der Waals surface area (Å²) in [6.45, 7) is 7.99. The van der Waals surface area contributed by atoms with Crippen molar-refractivity contribution >= 4 is 0 Å². The molecule has 0 aliphatic rings. The molecule has 2 unspecified atom stereocenters. The van der Waals surface area contributed by atoms with Crippen LogP contribution in [-0.2, 0) is 6.42 Å². The summed E-state index contributed by atoms with van der Waals surface area (Å²) in [5.74, 6) is 1.76. The van der Waals surface area contributed by atoms with Crippen LogP contribution in [0.15, 0.2) is 24.3 Å². The Balaban J connectivity index is 2.32. The van der Waals surface area contributed by atoms with Crippen LogP contribution in [0.5, 0.6) is 5.75 Å². The molecule has 1 N–H and O–H groups in total. The van der Waals surface area contributed by atoms with Crippen molar-refractivity contribution in [1.82, 2.24) is 5.32 Å². The number of unbranched alkanes of at least 4 members (excludes halogenated alkanes) is 1. The minimum atomic E-state index is 0.527. The Morgan fingerprint density at radius 3 is 2.40 bits per heavy atom. The van der Waals surface area contributed by atoms with E-state index in [4.69, 9.17) is 4.74 Å². The third-order valence-electron chi connectivity index (χ3n) is 4.00. The number of hydrogen-bond donors (Lipinski definition) is 1. The Labute approximate surface area is 124 Å². The van der Waals surface area contributed by atoms with E-state index in [0.29, 0.717) is 6.04 Å². The lowest BCUT2D eigenvalue weighted by molar-refractivity contribution is 0.394. The summed E-state index contributed by atoms with van der Waals surface area (Å²) < 4.78 is 5.19. The van der Waals surface area contributed by atoms with Gasteiger partial charge in [0.05, 0.1) is 7.11 Å². The van der Waals surface area contributed by atoms with Gasteiger partial charge in [-0.15, -0.1) is 0 Å². The molecule has 2 atom stereocenters. The van der Waals surface area contributed by atoms with Gasteiger partial charge in [0, 0.05) is 6.04 Å². The zero-order chi connectivity index (χ0) is 14.8. The van der Waals surface area contributed by atoms with Gasteiger partial charge in [-0.2, -0.15) is 0 Å². The molecule has 0 fully saturated rings. The maximum atomic E-state index is 5.19. The van der Waals surface area contributed by atoms with Crippen LogP contribution in [0.1, 0.15) is 52.0 Å². The van der Waals surface area contributed by atoms with Crippen LogP contribution < -0.4 is 10.1 Å². The van der Waals surface area contributed by atoms with Crippen molar-refractivity contribution in [3.05, 3.63) is 29.8 Å². The van der Waals surface area contributed by atoms with Crippen LogP contribution in [-0.4, -0.2) is 19.7 Å². The van der Waals surface area contributed by atoms with Crippen LogP contribution in [0, 0.1) is 5.92 Å². The summed E-state index contributed by atoms with van der Waals surface area (Å²) in [7, 11) is 1.71. The minimum Gasteiger partial charge on any atom is -0.497 e. The molecule has 1 rings (SSSR count). The topological polar surface area (TPSA) is 21.3 Å². The van der Waals surface area contributed by atoms with Gasteiger partial charge in [0.25, 0.3) is 0 Å². The Kier molecular flexibility index (Phi) is 8.36. The molecule has 2 heteroatoms. The fourth-order valence-electron chi connectivity index (χ4n) is 2.50. The number of rotatable bonds is 10. The van der Waals surface area contributed by atoms with E-state index in [9.17, 15) is 0 Å². The van der Waals surface area contributed by atoms with E-state index < -0.39 is 0 Å². The van der Waals surface area contributed by atoms with Gasteiger partial charge in [0.2, 0.25) is 0 Å². The standard InChI is InChI=1S/C18H31NO/c1-5-7-8-16(6-2)14-19-15(3)13-17-9-11-18(20-4)12-10-17/h9-12,15-16,19H,5-8,13-14H2,1-4H3. The fourth-order valence-corrected chi connectivity index (χ4v) is 2.50. The van der Waals surface area contributed by atoms with Crippen molar-refractivity contribution < 1.29 is 4.74 Å². The largest absolute Gasteiger partial charge is 0.497 e. The second-order valence-electron chi connectivity index (χ2n) is 5.78. The summed E-state index contributed by atoms with van der Waals surface area (Å²) in [5.41, 5.74) is 1.37. The molecule has 0 aliphatic heterocycles. The third-order valence-corrected chi connectivity index (χ3v) is 4.00. The van der Waals surface area contributed by atoms with Gasteiger partial charge >= 0.3 is 0 Å². The smallest absolute Gasteiger partial charge is 0.118 e. The van der Waals surface area contributed by atoms with Crippen molar-refractivity contribution in [3.8, 4) is 5.75 Å². The molecule has 0 amide bonds. The lowest BCUT2D eigenvalue weighted by Gasteiger charge is -2.19. The molecule has 0 heterocycles. The van der Waals surface area contributed by atoms with E-state index in [1.54, 1.807) is 7.11 Å². The number of hydrogen-bond acceptors (Lipinski definition) is 2. The molecule has 20 heavy (non-hydrogen) atoms. The molecular weight excluding hydrogens is 246 g/mol. The quantitative estimate of drug-likeness (QED) is 0.683. The molecule has 114 valence electrons. The Bertz CT molecular complexity index is 347. The van der Waals surface area contributed by atoms with Gasteiger partial charge in [-0.3, -0.25) is 0 Å². The summed E-state index contributed by atoms with van der Waals surface area (Å²) in [6, 6.07) is 8.92. The second-order valence-corrected chi connectivity index (χ2v) is 5.78. The summed E-state index contributed by atoms with van der Waals surface area (Å²) in [5, 5.41) is 3.69. The van der Waals surface area contributed by atoms with Crippen molar-refractivity contribution in [3.63, 3.8) is 0 Å². The predicted octanol–water partition coefficient (Wildman–Crippen LogP) is 4.43. The number of methoxy groups -OCH3 is 1. The fraction of sp³-hybridized carbons (Fsp3) is 0.667. The molecule has 0 radical (unpaired) electrons. The first kappa shape index (κ1) is 17.0. The third kappa shape index (κ3) is 6.42. The van der Waals surface area contributed by atoms with Gasteiger partial charge in [-0.1, -0.05) is 45.2 Å². The van der Waals surface area contributed by atoms with Crippen LogP contribution in [0.3, 0.4) is 0 Å². The van der Waals surface area contributed by atoms with Gasteiger partial charge < -0.3 is 10.1 Å². The molecule has 0 aromatic heterocycles. The van der Waals surface area contributed by atoms with E-state index in [2.05, 4.69) is 38.2 Å². The van der Waals surface area contributed by atoms with E-state index in [-0.39, 0.29) is 0 Å². The van der Waals surface area contributed by atoms with E-state index >= 15 is 0 Å². The second kappa shape index (κ2) is 9.82. The molecular formula is C18H31NO. The highest BCUT2D eigenvalue weighted by Gasteiger charge is 2.08. The Hall–Kier alpha value is -1.02. The number of nitrogens with one attached hydrogen (secondary N) is 1. The lowest BCUT2D eigenvalue weighted by atomic mass is 9.98. The van der Waals surface area contributed by atoms with Crippen molar-refractivity contribution in [2.45, 2.75) is 58.9 Å². The SMILES string of the molecule is CCCCC(CC)CNC(C)Cc1ccc(OC)cc1. The normalized spacial score (nSPS) is 14.0. The highest BCUT2D eigenvalue weighted by atomic mass is 16.5. The van der Waals surface area contributed by atoms with Gasteiger partial charge in [0.1, 0.15) is 5.75 Å². The summed E-state index contributed by atoms with van der Waals surface area (Å²) in [4.78, 5) is 0. The number of ether oxygens (including phenoxy) is 1. The molecule has 1 aromatic rings.